The van der Waals surface area contributed by atoms with Crippen molar-refractivity contribution >= 4 is 34.0 Å². The molecular formula is C16H23PS. The van der Waals surface area contributed by atoms with Crippen LogP contribution in [0, 0.1) is 0 Å². The van der Waals surface area contributed by atoms with Crippen LogP contribution in [0.15, 0.2) is 30.3 Å². The molecule has 0 saturated carbocycles. The highest BCUT2D eigenvalue weighted by molar-refractivity contribution is 7.74. The molecule has 0 aliphatic carbocycles. The van der Waals surface area contributed by atoms with Gasteiger partial charge < -0.3 is 0 Å². The van der Waals surface area contributed by atoms with Crippen molar-refractivity contribution in [1.82, 2.24) is 0 Å². The van der Waals surface area contributed by atoms with Crippen molar-refractivity contribution < 1.29 is 0 Å². The average molecular weight is 278 g/mol. The van der Waals surface area contributed by atoms with Gasteiger partial charge in [-0.3, -0.25) is 0 Å². The lowest BCUT2D eigenvalue weighted by Gasteiger charge is -2.40. The van der Waals surface area contributed by atoms with E-state index in [1.807, 2.05) is 11.3 Å². The van der Waals surface area contributed by atoms with Crippen molar-refractivity contribution in [1.29, 1.82) is 0 Å². The third-order valence-electron chi connectivity index (χ3n) is 2.97. The van der Waals surface area contributed by atoms with Gasteiger partial charge in [0.2, 0.25) is 0 Å². The third kappa shape index (κ3) is 2.78. The lowest BCUT2D eigenvalue weighted by Crippen LogP contribution is -2.29. The van der Waals surface area contributed by atoms with Crippen LogP contribution in [0.1, 0.15) is 41.5 Å². The molecule has 0 spiro atoms. The van der Waals surface area contributed by atoms with Crippen molar-refractivity contribution in [3.63, 3.8) is 0 Å². The number of rotatable bonds is 1. The number of thiophene rings is 1. The number of hydrogen-bond donors (Lipinski definition) is 0. The molecule has 18 heavy (non-hydrogen) atoms. The molecule has 0 radical (unpaired) electrons. The second kappa shape index (κ2) is 4.62. The highest BCUT2D eigenvalue weighted by Crippen LogP contribution is 2.59. The van der Waals surface area contributed by atoms with Gasteiger partial charge in [-0.2, -0.15) is 0 Å². The Bertz CT molecular complexity index is 493. The fourth-order valence-corrected chi connectivity index (χ4v) is 9.45. The van der Waals surface area contributed by atoms with E-state index in [0.29, 0.717) is 10.3 Å². The monoisotopic (exact) mass is 278 g/mol. The molecule has 0 aliphatic heterocycles. The summed E-state index contributed by atoms with van der Waals surface area (Å²) in [4.78, 5) is 0. The van der Waals surface area contributed by atoms with Crippen molar-refractivity contribution in [2.75, 3.05) is 0 Å². The van der Waals surface area contributed by atoms with Crippen molar-refractivity contribution in [3.8, 4) is 0 Å². The molecule has 0 atom stereocenters. The summed E-state index contributed by atoms with van der Waals surface area (Å²) in [7, 11) is -0.166. The standard InChI is InChI=1S/C16H23PS/c1-15(2,3)17(16(4,5)6)14-11-12-9-7-8-10-13(12)18-14/h7-11H,1-6H3. The summed E-state index contributed by atoms with van der Waals surface area (Å²) >= 11 is 1.99. The van der Waals surface area contributed by atoms with Gasteiger partial charge in [-0.15, -0.1) is 11.3 Å². The SMILES string of the molecule is CC(C)(C)P(c1cc2ccccc2s1)C(C)(C)C. The molecule has 1 aromatic heterocycles. The highest BCUT2D eigenvalue weighted by Gasteiger charge is 2.36. The van der Waals surface area contributed by atoms with Crippen LogP contribution >= 0.6 is 19.3 Å². The highest BCUT2D eigenvalue weighted by atomic mass is 32.1. The van der Waals surface area contributed by atoms with Crippen molar-refractivity contribution in [2.45, 2.75) is 51.9 Å². The Hall–Kier alpha value is -0.390. The number of benzene rings is 1. The summed E-state index contributed by atoms with van der Waals surface area (Å²) < 4.78 is 3.01. The van der Waals surface area contributed by atoms with Crippen LogP contribution in [-0.4, -0.2) is 10.3 Å². The molecule has 0 nitrogen and oxygen atoms in total. The maximum atomic E-state index is 2.42. The van der Waals surface area contributed by atoms with E-state index < -0.39 is 0 Å². The van der Waals surface area contributed by atoms with E-state index in [9.17, 15) is 0 Å². The van der Waals surface area contributed by atoms with Crippen LogP contribution in [0.3, 0.4) is 0 Å². The van der Waals surface area contributed by atoms with Crippen LogP contribution in [0.5, 0.6) is 0 Å². The van der Waals surface area contributed by atoms with Gasteiger partial charge in [-0.05, 0) is 27.8 Å². The van der Waals surface area contributed by atoms with E-state index >= 15 is 0 Å². The normalized spacial score (nSPS) is 13.5. The lowest BCUT2D eigenvalue weighted by molar-refractivity contribution is 0.715. The maximum absolute atomic E-state index is 2.42. The van der Waals surface area contributed by atoms with Crippen LogP contribution in [0.4, 0.5) is 0 Å². The van der Waals surface area contributed by atoms with Gasteiger partial charge in [0.1, 0.15) is 0 Å². The molecule has 98 valence electrons. The van der Waals surface area contributed by atoms with E-state index in [1.165, 1.54) is 10.1 Å². The van der Waals surface area contributed by atoms with Gasteiger partial charge in [-0.25, -0.2) is 0 Å². The van der Waals surface area contributed by atoms with E-state index in [1.54, 1.807) is 4.62 Å². The van der Waals surface area contributed by atoms with Crippen molar-refractivity contribution in [3.05, 3.63) is 30.3 Å². The molecule has 1 heterocycles. The molecule has 0 aliphatic rings. The zero-order valence-electron chi connectivity index (χ0n) is 12.2. The third-order valence-corrected chi connectivity index (χ3v) is 7.97. The predicted octanol–water partition coefficient (Wildman–Crippen LogP) is 5.61. The van der Waals surface area contributed by atoms with E-state index in [4.69, 9.17) is 0 Å². The smallest absolute Gasteiger partial charge is 0.0349 e. The zero-order valence-corrected chi connectivity index (χ0v) is 14.0. The van der Waals surface area contributed by atoms with Gasteiger partial charge in [-0.1, -0.05) is 67.7 Å². The second-order valence-corrected chi connectivity index (χ2v) is 12.0. The van der Waals surface area contributed by atoms with Crippen molar-refractivity contribution in [2.24, 2.45) is 0 Å². The topological polar surface area (TPSA) is 0 Å². The minimum absolute atomic E-state index is 0.166. The molecule has 0 saturated heterocycles. The van der Waals surface area contributed by atoms with E-state index in [0.717, 1.165) is 0 Å². The molecule has 0 amide bonds. The first-order valence-electron chi connectivity index (χ1n) is 6.48. The molecule has 0 fully saturated rings. The van der Waals surface area contributed by atoms with Gasteiger partial charge in [0.15, 0.2) is 0 Å². The Labute approximate surface area is 116 Å². The molecule has 0 unspecified atom stereocenters. The summed E-state index contributed by atoms with van der Waals surface area (Å²) in [6.07, 6.45) is 0. The van der Waals surface area contributed by atoms with E-state index in [2.05, 4.69) is 71.9 Å². The first kappa shape index (κ1) is 14.0. The minimum Gasteiger partial charge on any atom is -0.135 e. The largest absolute Gasteiger partial charge is 0.135 e. The summed E-state index contributed by atoms with van der Waals surface area (Å²) in [5, 5.41) is 2.11. The maximum Gasteiger partial charge on any atom is 0.0349 e. The fraction of sp³-hybridized carbons (Fsp3) is 0.500. The summed E-state index contributed by atoms with van der Waals surface area (Å²) in [6.45, 7) is 14.3. The predicted molar refractivity (Wildman–Crippen MR) is 87.9 cm³/mol. The summed E-state index contributed by atoms with van der Waals surface area (Å²) in [6, 6.07) is 11.2. The van der Waals surface area contributed by atoms with E-state index in [-0.39, 0.29) is 7.92 Å². The molecule has 2 heteroatoms. The van der Waals surface area contributed by atoms with Gasteiger partial charge in [0.25, 0.3) is 0 Å². The summed E-state index contributed by atoms with van der Waals surface area (Å²) in [5.74, 6) is 0. The van der Waals surface area contributed by atoms with Crippen LogP contribution in [-0.2, 0) is 0 Å². The van der Waals surface area contributed by atoms with Gasteiger partial charge in [0, 0.05) is 9.32 Å². The first-order chi connectivity index (χ1) is 8.19. The molecule has 2 aromatic rings. The van der Waals surface area contributed by atoms with Crippen LogP contribution < -0.4 is 4.62 Å². The average Bonchev–Trinajstić information content (AvgIpc) is 2.54. The Morgan fingerprint density at radius 1 is 0.889 bits per heavy atom. The van der Waals surface area contributed by atoms with Crippen LogP contribution in [0.2, 0.25) is 0 Å². The molecule has 0 N–H and O–H groups in total. The zero-order chi connectivity index (χ0) is 13.6. The first-order valence-corrected chi connectivity index (χ1v) is 8.64. The Kier molecular flexibility index (Phi) is 3.60. The fourth-order valence-electron chi connectivity index (χ4n) is 2.75. The van der Waals surface area contributed by atoms with Gasteiger partial charge in [0.05, 0.1) is 0 Å². The molecular weight excluding hydrogens is 255 g/mol. The Balaban J connectivity index is 2.55. The Morgan fingerprint density at radius 3 is 1.94 bits per heavy atom. The minimum atomic E-state index is -0.166. The molecule has 0 bridgehead atoms. The second-order valence-electron chi connectivity index (χ2n) is 6.80. The quantitative estimate of drug-likeness (QED) is 0.595. The summed E-state index contributed by atoms with van der Waals surface area (Å²) in [5.41, 5.74) is 0. The number of hydrogen-bond acceptors (Lipinski definition) is 1. The molecule has 2 rings (SSSR count). The Morgan fingerprint density at radius 2 is 1.44 bits per heavy atom. The number of fused-ring (bicyclic) bond motifs is 1. The van der Waals surface area contributed by atoms with Crippen LogP contribution in [0.25, 0.3) is 10.1 Å². The van der Waals surface area contributed by atoms with Gasteiger partial charge >= 0.3 is 0 Å². The molecule has 1 aromatic carbocycles. The lowest BCUT2D eigenvalue weighted by atomic mass is 10.2.